The van der Waals surface area contributed by atoms with Gasteiger partial charge >= 0.3 is 0 Å². The van der Waals surface area contributed by atoms with Crippen molar-refractivity contribution in [3.05, 3.63) is 36.0 Å². The number of ether oxygens (including phenoxy) is 1. The van der Waals surface area contributed by atoms with E-state index in [0.717, 1.165) is 22.9 Å². The van der Waals surface area contributed by atoms with E-state index in [2.05, 4.69) is 15.7 Å². The van der Waals surface area contributed by atoms with Crippen LogP contribution in [0.2, 0.25) is 0 Å². The molecule has 0 amide bonds. The first-order valence-corrected chi connectivity index (χ1v) is 6.49. The maximum absolute atomic E-state index is 5.20. The second kappa shape index (κ2) is 4.45. The van der Waals surface area contributed by atoms with Crippen molar-refractivity contribution in [1.29, 1.82) is 0 Å². The number of nitrogens with zero attached hydrogens (tertiary/aromatic N) is 2. The predicted molar refractivity (Wildman–Crippen MR) is 74.0 cm³/mol. The van der Waals surface area contributed by atoms with Crippen molar-refractivity contribution in [2.75, 3.05) is 17.7 Å². The zero-order valence-electron chi connectivity index (χ0n) is 10.2. The van der Waals surface area contributed by atoms with E-state index < -0.39 is 0 Å². The molecule has 1 aliphatic heterocycles. The normalized spacial score (nSPS) is 17.1. The number of hydrogen-bond acceptors (Lipinski definition) is 5. The van der Waals surface area contributed by atoms with Gasteiger partial charge in [-0.25, -0.2) is 0 Å². The molecule has 3 rings (SSSR count). The Morgan fingerprint density at radius 2 is 2.33 bits per heavy atom. The molecule has 0 fully saturated rings. The van der Waals surface area contributed by atoms with E-state index in [1.807, 2.05) is 41.3 Å². The zero-order chi connectivity index (χ0) is 12.5. The third-order valence-electron chi connectivity index (χ3n) is 2.65. The quantitative estimate of drug-likeness (QED) is 0.890. The molecule has 6 heteroatoms. The summed E-state index contributed by atoms with van der Waals surface area (Å²) in [5.41, 5.74) is 2.12. The molecule has 0 aliphatic carbocycles. The van der Waals surface area contributed by atoms with Gasteiger partial charge in [-0.1, -0.05) is 6.07 Å². The van der Waals surface area contributed by atoms with E-state index in [1.165, 1.54) is 0 Å². The molecule has 0 saturated carbocycles. The lowest BCUT2D eigenvalue weighted by Gasteiger charge is -2.13. The summed E-state index contributed by atoms with van der Waals surface area (Å²) in [6, 6.07) is 9.89. The summed E-state index contributed by atoms with van der Waals surface area (Å²) in [6.07, 6.45) is 0. The lowest BCUT2D eigenvalue weighted by molar-refractivity contribution is 0.415. The summed E-state index contributed by atoms with van der Waals surface area (Å²) >= 11 is 1.61. The first-order valence-electron chi connectivity index (χ1n) is 5.65. The van der Waals surface area contributed by atoms with Gasteiger partial charge < -0.3 is 15.4 Å². The van der Waals surface area contributed by atoms with E-state index in [-0.39, 0.29) is 5.50 Å². The minimum Gasteiger partial charge on any atom is -0.497 e. The molecule has 0 saturated heterocycles. The first-order chi connectivity index (χ1) is 8.74. The van der Waals surface area contributed by atoms with Gasteiger partial charge in [0.15, 0.2) is 5.50 Å². The molecular weight excluding hydrogens is 248 g/mol. The maximum Gasteiger partial charge on any atom is 0.168 e. The van der Waals surface area contributed by atoms with E-state index in [0.29, 0.717) is 0 Å². The SMILES string of the molecule is COc1cccc(NC2Nc3cc(C)nn3S2)c1. The third-order valence-corrected chi connectivity index (χ3v) is 3.58. The molecule has 1 aromatic heterocycles. The van der Waals surface area contributed by atoms with Gasteiger partial charge in [0, 0.05) is 29.8 Å². The Labute approximate surface area is 110 Å². The van der Waals surface area contributed by atoms with Crippen LogP contribution in [-0.2, 0) is 0 Å². The van der Waals surface area contributed by atoms with Crippen LogP contribution in [0.5, 0.6) is 5.75 Å². The third kappa shape index (κ3) is 2.11. The fraction of sp³-hybridized carbons (Fsp3) is 0.250. The average molecular weight is 262 g/mol. The Kier molecular flexibility index (Phi) is 2.79. The number of nitrogens with one attached hydrogen (secondary N) is 2. The summed E-state index contributed by atoms with van der Waals surface area (Å²) in [4.78, 5) is 0. The number of methoxy groups -OCH3 is 1. The molecule has 0 bridgehead atoms. The lowest BCUT2D eigenvalue weighted by atomic mass is 10.3. The lowest BCUT2D eigenvalue weighted by Crippen LogP contribution is -2.21. The van der Waals surface area contributed by atoms with E-state index >= 15 is 0 Å². The minimum atomic E-state index is 0.0835. The Morgan fingerprint density at radius 1 is 1.44 bits per heavy atom. The van der Waals surface area contributed by atoms with Gasteiger partial charge in [-0.05, 0) is 19.1 Å². The van der Waals surface area contributed by atoms with Crippen LogP contribution in [0, 0.1) is 6.92 Å². The largest absolute Gasteiger partial charge is 0.497 e. The summed E-state index contributed by atoms with van der Waals surface area (Å²) in [5.74, 6) is 1.87. The van der Waals surface area contributed by atoms with Crippen LogP contribution < -0.4 is 15.4 Å². The Bertz CT molecular complexity index is 545. The minimum absolute atomic E-state index is 0.0835. The van der Waals surface area contributed by atoms with Gasteiger partial charge in [0.2, 0.25) is 0 Å². The highest BCUT2D eigenvalue weighted by Crippen LogP contribution is 2.30. The van der Waals surface area contributed by atoms with Crippen molar-refractivity contribution in [3.63, 3.8) is 0 Å². The highest BCUT2D eigenvalue weighted by atomic mass is 32.2. The Balaban J connectivity index is 1.70. The Hall–Kier alpha value is -1.82. The van der Waals surface area contributed by atoms with Gasteiger partial charge in [0.05, 0.1) is 12.8 Å². The van der Waals surface area contributed by atoms with Gasteiger partial charge in [-0.3, -0.25) is 0 Å². The van der Waals surface area contributed by atoms with E-state index in [1.54, 1.807) is 19.1 Å². The van der Waals surface area contributed by atoms with Crippen molar-refractivity contribution in [3.8, 4) is 5.75 Å². The van der Waals surface area contributed by atoms with Crippen molar-refractivity contribution < 1.29 is 4.74 Å². The van der Waals surface area contributed by atoms with Crippen molar-refractivity contribution in [2.45, 2.75) is 12.4 Å². The molecule has 5 nitrogen and oxygen atoms in total. The van der Waals surface area contributed by atoms with Crippen molar-refractivity contribution >= 4 is 23.5 Å². The molecule has 94 valence electrons. The summed E-state index contributed by atoms with van der Waals surface area (Å²) in [7, 11) is 1.67. The highest BCUT2D eigenvalue weighted by molar-refractivity contribution is 7.98. The van der Waals surface area contributed by atoms with Crippen LogP contribution in [-0.4, -0.2) is 21.8 Å². The molecule has 0 radical (unpaired) electrons. The van der Waals surface area contributed by atoms with Crippen LogP contribution in [0.4, 0.5) is 11.5 Å². The number of fused-ring (bicyclic) bond motifs is 1. The van der Waals surface area contributed by atoms with Crippen molar-refractivity contribution in [2.24, 2.45) is 0 Å². The smallest absolute Gasteiger partial charge is 0.168 e. The van der Waals surface area contributed by atoms with E-state index in [9.17, 15) is 0 Å². The number of aromatic nitrogens is 2. The standard InChI is InChI=1S/C12H14N4OS/c1-8-6-11-14-12(18-16(11)15-8)13-9-4-3-5-10(7-9)17-2/h3-7,12-14H,1-2H3. The van der Waals surface area contributed by atoms with Gasteiger partial charge in [0.25, 0.3) is 0 Å². The molecule has 1 aliphatic rings. The molecule has 18 heavy (non-hydrogen) atoms. The van der Waals surface area contributed by atoms with Gasteiger partial charge in [-0.15, -0.1) is 0 Å². The highest BCUT2D eigenvalue weighted by Gasteiger charge is 2.22. The number of hydrogen-bond donors (Lipinski definition) is 2. The van der Waals surface area contributed by atoms with Crippen LogP contribution in [0.1, 0.15) is 5.69 Å². The topological polar surface area (TPSA) is 51.1 Å². The van der Waals surface area contributed by atoms with Gasteiger partial charge in [0.1, 0.15) is 11.6 Å². The van der Waals surface area contributed by atoms with Crippen LogP contribution in [0.15, 0.2) is 30.3 Å². The Morgan fingerprint density at radius 3 is 3.11 bits per heavy atom. The van der Waals surface area contributed by atoms with E-state index in [4.69, 9.17) is 4.74 Å². The molecule has 2 heterocycles. The van der Waals surface area contributed by atoms with Crippen LogP contribution >= 0.6 is 11.9 Å². The van der Waals surface area contributed by atoms with Crippen LogP contribution in [0.25, 0.3) is 0 Å². The van der Waals surface area contributed by atoms with Crippen molar-refractivity contribution in [1.82, 2.24) is 9.19 Å². The fourth-order valence-corrected chi connectivity index (χ4v) is 2.80. The maximum atomic E-state index is 5.20. The number of anilines is 2. The predicted octanol–water partition coefficient (Wildman–Crippen LogP) is 2.52. The molecule has 2 N–H and O–H groups in total. The molecule has 0 spiro atoms. The molecular formula is C12H14N4OS. The fourth-order valence-electron chi connectivity index (χ4n) is 1.84. The summed E-state index contributed by atoms with van der Waals surface area (Å²) in [6.45, 7) is 1.98. The second-order valence-corrected chi connectivity index (χ2v) is 5.08. The summed E-state index contributed by atoms with van der Waals surface area (Å²) in [5, 5.41) is 11.1. The zero-order valence-corrected chi connectivity index (χ0v) is 11.0. The number of aryl methyl sites for hydroxylation is 1. The molecule has 1 aromatic carbocycles. The average Bonchev–Trinajstić information content (AvgIpc) is 2.86. The van der Waals surface area contributed by atoms with Crippen LogP contribution in [0.3, 0.4) is 0 Å². The number of benzene rings is 1. The summed E-state index contributed by atoms with van der Waals surface area (Å²) < 4.78 is 7.09. The number of rotatable bonds is 3. The molecule has 1 unspecified atom stereocenters. The second-order valence-electron chi connectivity index (χ2n) is 4.05. The monoisotopic (exact) mass is 262 g/mol. The first kappa shape index (κ1) is 11.3. The molecule has 1 atom stereocenters. The van der Waals surface area contributed by atoms with Gasteiger partial charge in [-0.2, -0.15) is 9.19 Å². The molecule has 2 aromatic rings.